The molecule has 5 unspecified atom stereocenters. The summed E-state index contributed by atoms with van der Waals surface area (Å²) in [6.45, 7) is 5.26. The summed E-state index contributed by atoms with van der Waals surface area (Å²) in [5.74, 6) is 0.817. The molecule has 0 amide bonds. The van der Waals surface area contributed by atoms with Crippen molar-refractivity contribution in [2.75, 3.05) is 6.61 Å². The third-order valence-electron chi connectivity index (χ3n) is 4.06. The van der Waals surface area contributed by atoms with Gasteiger partial charge in [0.1, 0.15) is 0 Å². The molecule has 0 heterocycles. The largest absolute Gasteiger partial charge is 0.374 e. The highest BCUT2D eigenvalue weighted by Crippen LogP contribution is 2.32. The van der Waals surface area contributed by atoms with Gasteiger partial charge in [0, 0.05) is 12.6 Å². The van der Waals surface area contributed by atoms with Gasteiger partial charge in [-0.25, -0.2) is 0 Å². The van der Waals surface area contributed by atoms with Crippen LogP contribution >= 0.6 is 0 Å². The van der Waals surface area contributed by atoms with Crippen molar-refractivity contribution in [2.24, 2.45) is 11.7 Å². The maximum absolute atomic E-state index is 6.17. The lowest BCUT2D eigenvalue weighted by Gasteiger charge is -2.44. The van der Waals surface area contributed by atoms with E-state index in [1.165, 1.54) is 25.7 Å². The van der Waals surface area contributed by atoms with Crippen LogP contribution in [0.3, 0.4) is 0 Å². The van der Waals surface area contributed by atoms with Crippen molar-refractivity contribution in [3.8, 4) is 0 Å². The zero-order valence-corrected chi connectivity index (χ0v) is 11.2. The molecule has 2 rings (SSSR count). The quantitative estimate of drug-likeness (QED) is 0.804. The zero-order valence-electron chi connectivity index (χ0n) is 11.2. The Labute approximate surface area is 105 Å². The van der Waals surface area contributed by atoms with Crippen LogP contribution < -0.4 is 5.73 Å². The van der Waals surface area contributed by atoms with E-state index in [0.717, 1.165) is 25.4 Å². The van der Waals surface area contributed by atoms with Crippen molar-refractivity contribution in [1.29, 1.82) is 0 Å². The van der Waals surface area contributed by atoms with Gasteiger partial charge in [0.25, 0.3) is 0 Å². The highest BCUT2D eigenvalue weighted by atomic mass is 16.6. The molecule has 0 saturated heterocycles. The zero-order chi connectivity index (χ0) is 12.3. The molecule has 2 saturated carbocycles. The summed E-state index contributed by atoms with van der Waals surface area (Å²) in [5, 5.41) is 0. The van der Waals surface area contributed by atoms with Crippen LogP contribution in [0.1, 0.15) is 52.4 Å². The molecule has 2 aliphatic rings. The first-order valence-electron chi connectivity index (χ1n) is 7.23. The van der Waals surface area contributed by atoms with E-state index in [4.69, 9.17) is 15.2 Å². The maximum Gasteiger partial charge on any atom is 0.0988 e. The predicted molar refractivity (Wildman–Crippen MR) is 68.9 cm³/mol. The summed E-state index contributed by atoms with van der Waals surface area (Å²) in [7, 11) is 0. The summed E-state index contributed by atoms with van der Waals surface area (Å²) in [6.07, 6.45) is 7.98. The van der Waals surface area contributed by atoms with E-state index in [1.54, 1.807) is 0 Å². The standard InChI is InChI=1S/C14H27NO2/c1-3-7-16-14-12(15)9-13(14)17-11-6-4-5-10(2)8-11/h10-14H,3-9,15H2,1-2H3. The first-order chi connectivity index (χ1) is 8.20. The molecular formula is C14H27NO2. The minimum Gasteiger partial charge on any atom is -0.374 e. The molecule has 2 fully saturated rings. The summed E-state index contributed by atoms with van der Waals surface area (Å²) >= 11 is 0. The summed E-state index contributed by atoms with van der Waals surface area (Å²) < 4.78 is 11.9. The van der Waals surface area contributed by atoms with Crippen LogP contribution in [-0.4, -0.2) is 31.0 Å². The van der Waals surface area contributed by atoms with Crippen LogP contribution in [0.5, 0.6) is 0 Å². The van der Waals surface area contributed by atoms with Gasteiger partial charge in [-0.05, 0) is 31.6 Å². The van der Waals surface area contributed by atoms with E-state index < -0.39 is 0 Å². The maximum atomic E-state index is 6.17. The van der Waals surface area contributed by atoms with Gasteiger partial charge in [0.15, 0.2) is 0 Å². The number of rotatable bonds is 5. The Hall–Kier alpha value is -0.120. The third kappa shape index (κ3) is 3.43. The van der Waals surface area contributed by atoms with E-state index in [1.807, 2.05) is 0 Å². The molecule has 3 nitrogen and oxygen atoms in total. The first-order valence-corrected chi connectivity index (χ1v) is 7.23. The lowest BCUT2D eigenvalue weighted by atomic mass is 9.84. The van der Waals surface area contributed by atoms with Crippen molar-refractivity contribution in [3.63, 3.8) is 0 Å². The van der Waals surface area contributed by atoms with E-state index in [2.05, 4.69) is 13.8 Å². The predicted octanol–water partition coefficient (Wildman–Crippen LogP) is 2.48. The highest BCUT2D eigenvalue weighted by Gasteiger charge is 2.42. The lowest BCUT2D eigenvalue weighted by molar-refractivity contribution is -0.168. The van der Waals surface area contributed by atoms with Crippen LogP contribution in [-0.2, 0) is 9.47 Å². The van der Waals surface area contributed by atoms with E-state index in [9.17, 15) is 0 Å². The van der Waals surface area contributed by atoms with Crippen molar-refractivity contribution in [2.45, 2.75) is 76.7 Å². The minimum atomic E-state index is 0.146. The van der Waals surface area contributed by atoms with Gasteiger partial charge >= 0.3 is 0 Å². The molecular weight excluding hydrogens is 214 g/mol. The first kappa shape index (κ1) is 13.3. The Morgan fingerprint density at radius 1 is 1.24 bits per heavy atom. The average Bonchev–Trinajstić information content (AvgIpc) is 2.29. The van der Waals surface area contributed by atoms with Gasteiger partial charge in [-0.1, -0.05) is 26.7 Å². The van der Waals surface area contributed by atoms with Crippen LogP contribution in [0, 0.1) is 5.92 Å². The third-order valence-corrected chi connectivity index (χ3v) is 4.06. The molecule has 0 radical (unpaired) electrons. The SMILES string of the molecule is CCCOC1C(N)CC1OC1CCCC(C)C1. The fourth-order valence-electron chi connectivity index (χ4n) is 2.98. The topological polar surface area (TPSA) is 44.5 Å². The van der Waals surface area contributed by atoms with Crippen LogP contribution in [0.2, 0.25) is 0 Å². The Balaban J connectivity index is 1.74. The molecule has 2 N–H and O–H groups in total. The molecule has 0 spiro atoms. The van der Waals surface area contributed by atoms with Crippen molar-refractivity contribution in [3.05, 3.63) is 0 Å². The molecule has 0 aromatic carbocycles. The van der Waals surface area contributed by atoms with Gasteiger partial charge in [-0.3, -0.25) is 0 Å². The molecule has 0 aromatic rings. The molecule has 0 aromatic heterocycles. The summed E-state index contributed by atoms with van der Waals surface area (Å²) in [5.41, 5.74) is 5.98. The van der Waals surface area contributed by atoms with Crippen molar-refractivity contribution < 1.29 is 9.47 Å². The second-order valence-electron chi connectivity index (χ2n) is 5.80. The fourth-order valence-corrected chi connectivity index (χ4v) is 2.98. The van der Waals surface area contributed by atoms with Crippen molar-refractivity contribution >= 4 is 0 Å². The molecule has 100 valence electrons. The molecule has 0 bridgehead atoms. The van der Waals surface area contributed by atoms with E-state index in [0.29, 0.717) is 6.10 Å². The number of nitrogens with two attached hydrogens (primary N) is 1. The number of hydrogen-bond donors (Lipinski definition) is 1. The Kier molecular flexibility index (Phi) is 4.83. The molecule has 2 aliphatic carbocycles. The monoisotopic (exact) mass is 241 g/mol. The van der Waals surface area contributed by atoms with Gasteiger partial charge < -0.3 is 15.2 Å². The van der Waals surface area contributed by atoms with Crippen LogP contribution in [0.4, 0.5) is 0 Å². The van der Waals surface area contributed by atoms with Gasteiger partial charge in [-0.15, -0.1) is 0 Å². The average molecular weight is 241 g/mol. The summed E-state index contributed by atoms with van der Waals surface area (Å²) in [4.78, 5) is 0. The fraction of sp³-hybridized carbons (Fsp3) is 1.00. The second kappa shape index (κ2) is 6.17. The van der Waals surface area contributed by atoms with E-state index in [-0.39, 0.29) is 18.2 Å². The van der Waals surface area contributed by atoms with Crippen molar-refractivity contribution in [1.82, 2.24) is 0 Å². The van der Waals surface area contributed by atoms with Crippen LogP contribution in [0.25, 0.3) is 0 Å². The van der Waals surface area contributed by atoms with Gasteiger partial charge in [-0.2, -0.15) is 0 Å². The molecule has 17 heavy (non-hydrogen) atoms. The van der Waals surface area contributed by atoms with Gasteiger partial charge in [0.05, 0.1) is 18.3 Å². The van der Waals surface area contributed by atoms with Crippen LogP contribution in [0.15, 0.2) is 0 Å². The lowest BCUT2D eigenvalue weighted by Crippen LogP contribution is -2.59. The molecule has 5 atom stereocenters. The molecule has 0 aliphatic heterocycles. The number of hydrogen-bond acceptors (Lipinski definition) is 3. The Morgan fingerprint density at radius 3 is 2.71 bits per heavy atom. The van der Waals surface area contributed by atoms with E-state index >= 15 is 0 Å². The van der Waals surface area contributed by atoms with Gasteiger partial charge in [0.2, 0.25) is 0 Å². The highest BCUT2D eigenvalue weighted by molar-refractivity contribution is 4.96. The summed E-state index contributed by atoms with van der Waals surface area (Å²) in [6, 6.07) is 0.188. The number of ether oxygens (including phenoxy) is 2. The Bertz CT molecular complexity index is 234. The molecule has 3 heteroatoms. The smallest absolute Gasteiger partial charge is 0.0988 e. The minimum absolute atomic E-state index is 0.146. The Morgan fingerprint density at radius 2 is 2.06 bits per heavy atom. The normalized spacial score (nSPS) is 42.2. The second-order valence-corrected chi connectivity index (χ2v) is 5.80.